The summed E-state index contributed by atoms with van der Waals surface area (Å²) in [5.41, 5.74) is 4.27. The normalized spacial score (nSPS) is 19.3. The van der Waals surface area contributed by atoms with Gasteiger partial charge in [0.2, 0.25) is 5.91 Å². The maximum Gasteiger partial charge on any atom is 0.225 e. The zero-order valence-electron chi connectivity index (χ0n) is 12.4. The van der Waals surface area contributed by atoms with Gasteiger partial charge in [0.15, 0.2) is 11.5 Å². The molecule has 0 radical (unpaired) electrons. The van der Waals surface area contributed by atoms with Crippen LogP contribution in [-0.2, 0) is 4.79 Å². The summed E-state index contributed by atoms with van der Waals surface area (Å²) >= 11 is 0. The summed E-state index contributed by atoms with van der Waals surface area (Å²) in [6.45, 7) is 3.17. The highest BCUT2D eigenvalue weighted by Gasteiger charge is 2.29. The quantitative estimate of drug-likeness (QED) is 0.878. The van der Waals surface area contributed by atoms with E-state index in [4.69, 9.17) is 9.47 Å². The molecule has 0 saturated heterocycles. The predicted molar refractivity (Wildman–Crippen MR) is 83.7 cm³/mol. The van der Waals surface area contributed by atoms with Crippen molar-refractivity contribution in [2.24, 2.45) is 0 Å². The molecule has 1 atom stereocenters. The van der Waals surface area contributed by atoms with E-state index in [0.29, 0.717) is 25.4 Å². The molecule has 2 aromatic carbocycles. The second-order valence-electron chi connectivity index (χ2n) is 5.80. The molecule has 2 aliphatic rings. The molecule has 0 bridgehead atoms. The third-order valence-corrected chi connectivity index (χ3v) is 4.20. The van der Waals surface area contributed by atoms with Gasteiger partial charge >= 0.3 is 0 Å². The molecule has 2 heterocycles. The van der Waals surface area contributed by atoms with Gasteiger partial charge in [-0.15, -0.1) is 0 Å². The average Bonchev–Trinajstić information content (AvgIpc) is 2.52. The third kappa shape index (κ3) is 2.21. The van der Waals surface area contributed by atoms with Crippen molar-refractivity contribution in [1.29, 1.82) is 0 Å². The first kappa shape index (κ1) is 13.2. The first-order valence-electron chi connectivity index (χ1n) is 7.50. The van der Waals surface area contributed by atoms with Gasteiger partial charge in [-0.3, -0.25) is 4.79 Å². The van der Waals surface area contributed by atoms with Crippen LogP contribution in [0.3, 0.4) is 0 Å². The van der Waals surface area contributed by atoms with Crippen molar-refractivity contribution >= 4 is 11.6 Å². The summed E-state index contributed by atoms with van der Waals surface area (Å²) in [5.74, 6) is 1.56. The van der Waals surface area contributed by atoms with E-state index in [1.165, 1.54) is 5.56 Å². The molecule has 1 amide bonds. The van der Waals surface area contributed by atoms with Gasteiger partial charge in [0.1, 0.15) is 13.2 Å². The molecule has 0 spiro atoms. The summed E-state index contributed by atoms with van der Waals surface area (Å²) in [5, 5.41) is 2.95. The maximum atomic E-state index is 12.1. The van der Waals surface area contributed by atoms with Gasteiger partial charge in [0.25, 0.3) is 0 Å². The monoisotopic (exact) mass is 295 g/mol. The Bertz CT molecular complexity index is 754. The fourth-order valence-corrected chi connectivity index (χ4v) is 3.18. The van der Waals surface area contributed by atoms with Gasteiger partial charge in [0, 0.05) is 24.1 Å². The van der Waals surface area contributed by atoms with Crippen molar-refractivity contribution in [3.63, 3.8) is 0 Å². The fourth-order valence-electron chi connectivity index (χ4n) is 3.18. The van der Waals surface area contributed by atoms with Gasteiger partial charge < -0.3 is 14.8 Å². The molecule has 2 aliphatic heterocycles. The van der Waals surface area contributed by atoms with E-state index in [9.17, 15) is 4.79 Å². The minimum Gasteiger partial charge on any atom is -0.486 e. The number of nitrogens with one attached hydrogen (secondary N) is 1. The molecule has 0 saturated carbocycles. The molecular formula is C18H17NO3. The van der Waals surface area contributed by atoms with E-state index in [1.54, 1.807) is 0 Å². The Morgan fingerprint density at radius 1 is 1.09 bits per heavy atom. The Morgan fingerprint density at radius 3 is 2.64 bits per heavy atom. The molecule has 1 N–H and O–H groups in total. The standard InChI is InChI=1S/C18H17NO3/c1-11-3-2-4-12(7-11)13-9-18(20)19-15-10-17-16(8-14(13)15)21-5-6-22-17/h2-4,7-8,10,13H,5-6,9H2,1H3,(H,19,20)/t13-/m0/s1. The van der Waals surface area contributed by atoms with E-state index >= 15 is 0 Å². The Kier molecular flexibility index (Phi) is 3.03. The van der Waals surface area contributed by atoms with Crippen LogP contribution in [0.15, 0.2) is 36.4 Å². The van der Waals surface area contributed by atoms with Crippen molar-refractivity contribution in [3.05, 3.63) is 53.1 Å². The zero-order chi connectivity index (χ0) is 15.1. The van der Waals surface area contributed by atoms with Gasteiger partial charge in [-0.25, -0.2) is 0 Å². The van der Waals surface area contributed by atoms with Crippen LogP contribution >= 0.6 is 0 Å². The van der Waals surface area contributed by atoms with Gasteiger partial charge in [-0.05, 0) is 24.1 Å². The lowest BCUT2D eigenvalue weighted by Crippen LogP contribution is -2.24. The molecule has 0 unspecified atom stereocenters. The fraction of sp³-hybridized carbons (Fsp3) is 0.278. The van der Waals surface area contributed by atoms with Crippen LogP contribution < -0.4 is 14.8 Å². The number of aryl methyl sites for hydroxylation is 1. The van der Waals surface area contributed by atoms with Gasteiger partial charge in [-0.1, -0.05) is 29.8 Å². The average molecular weight is 295 g/mol. The van der Waals surface area contributed by atoms with Crippen molar-refractivity contribution in [1.82, 2.24) is 0 Å². The van der Waals surface area contributed by atoms with Crippen LogP contribution in [0.4, 0.5) is 5.69 Å². The van der Waals surface area contributed by atoms with E-state index < -0.39 is 0 Å². The highest BCUT2D eigenvalue weighted by Crippen LogP contribution is 2.43. The molecule has 0 aromatic heterocycles. The van der Waals surface area contributed by atoms with E-state index in [1.807, 2.05) is 18.2 Å². The Hall–Kier alpha value is -2.49. The Balaban J connectivity index is 1.84. The third-order valence-electron chi connectivity index (χ3n) is 4.20. The van der Waals surface area contributed by atoms with Crippen molar-refractivity contribution in [2.75, 3.05) is 18.5 Å². The number of hydrogen-bond acceptors (Lipinski definition) is 3. The Morgan fingerprint density at radius 2 is 1.86 bits per heavy atom. The van der Waals surface area contributed by atoms with Crippen LogP contribution in [0.5, 0.6) is 11.5 Å². The summed E-state index contributed by atoms with van der Waals surface area (Å²) in [7, 11) is 0. The van der Waals surface area contributed by atoms with E-state index in [2.05, 4.69) is 30.4 Å². The largest absolute Gasteiger partial charge is 0.486 e. The molecule has 4 rings (SSSR count). The van der Waals surface area contributed by atoms with E-state index in [-0.39, 0.29) is 11.8 Å². The topological polar surface area (TPSA) is 47.6 Å². The van der Waals surface area contributed by atoms with E-state index in [0.717, 1.165) is 22.6 Å². The highest BCUT2D eigenvalue weighted by atomic mass is 16.6. The molecule has 2 aromatic rings. The molecule has 4 heteroatoms. The molecule has 22 heavy (non-hydrogen) atoms. The lowest BCUT2D eigenvalue weighted by molar-refractivity contribution is -0.116. The lowest BCUT2D eigenvalue weighted by Gasteiger charge is -2.29. The maximum absolute atomic E-state index is 12.1. The number of fused-ring (bicyclic) bond motifs is 2. The number of benzene rings is 2. The second-order valence-corrected chi connectivity index (χ2v) is 5.80. The minimum absolute atomic E-state index is 0.0377. The molecule has 112 valence electrons. The van der Waals surface area contributed by atoms with Gasteiger partial charge in [0.05, 0.1) is 0 Å². The van der Waals surface area contributed by atoms with Crippen LogP contribution in [-0.4, -0.2) is 19.1 Å². The number of ether oxygens (including phenoxy) is 2. The SMILES string of the molecule is Cc1cccc([C@@H]2CC(=O)Nc3cc4c(cc32)OCCO4)c1. The molecule has 0 aliphatic carbocycles. The Labute approximate surface area is 129 Å². The number of hydrogen-bond donors (Lipinski definition) is 1. The first-order valence-corrected chi connectivity index (χ1v) is 7.50. The molecular weight excluding hydrogens is 278 g/mol. The second kappa shape index (κ2) is 5.05. The van der Waals surface area contributed by atoms with Crippen molar-refractivity contribution < 1.29 is 14.3 Å². The number of rotatable bonds is 1. The summed E-state index contributed by atoms with van der Waals surface area (Å²) in [6, 6.07) is 12.2. The number of anilines is 1. The number of carbonyl (C=O) groups excluding carboxylic acids is 1. The molecule has 0 fully saturated rings. The smallest absolute Gasteiger partial charge is 0.225 e. The van der Waals surface area contributed by atoms with Crippen molar-refractivity contribution in [3.8, 4) is 11.5 Å². The lowest BCUT2D eigenvalue weighted by atomic mass is 9.84. The van der Waals surface area contributed by atoms with Crippen molar-refractivity contribution in [2.45, 2.75) is 19.3 Å². The number of carbonyl (C=O) groups is 1. The zero-order valence-corrected chi connectivity index (χ0v) is 12.4. The number of amides is 1. The minimum atomic E-state index is 0.0377. The van der Waals surface area contributed by atoms with Crippen LogP contribution in [0, 0.1) is 6.92 Å². The van der Waals surface area contributed by atoms with Crippen LogP contribution in [0.2, 0.25) is 0 Å². The summed E-state index contributed by atoms with van der Waals surface area (Å²) < 4.78 is 11.3. The summed E-state index contributed by atoms with van der Waals surface area (Å²) in [6.07, 6.45) is 0.454. The molecule has 4 nitrogen and oxygen atoms in total. The van der Waals surface area contributed by atoms with Crippen LogP contribution in [0.25, 0.3) is 0 Å². The van der Waals surface area contributed by atoms with Crippen LogP contribution in [0.1, 0.15) is 29.0 Å². The predicted octanol–water partition coefficient (Wildman–Crippen LogP) is 3.24. The first-order chi connectivity index (χ1) is 10.7. The van der Waals surface area contributed by atoms with Gasteiger partial charge in [-0.2, -0.15) is 0 Å². The highest BCUT2D eigenvalue weighted by molar-refractivity contribution is 5.96. The summed E-state index contributed by atoms with van der Waals surface area (Å²) in [4.78, 5) is 12.1.